The Balaban J connectivity index is 2.09. The summed E-state index contributed by atoms with van der Waals surface area (Å²) in [6.45, 7) is 0. The number of carbonyl (C=O) groups is 1. The molecule has 0 aromatic heterocycles. The molecule has 0 heterocycles. The molecule has 0 aliphatic heterocycles. The van der Waals surface area contributed by atoms with Crippen LogP contribution in [0.5, 0.6) is 0 Å². The third-order valence-corrected chi connectivity index (χ3v) is 2.47. The van der Waals surface area contributed by atoms with Gasteiger partial charge in [0, 0.05) is 5.69 Å². The predicted octanol–water partition coefficient (Wildman–Crippen LogP) is 3.48. The lowest BCUT2D eigenvalue weighted by atomic mass is 10.2. The first-order valence-electron chi connectivity index (χ1n) is 5.62. The summed E-state index contributed by atoms with van der Waals surface area (Å²) in [4.78, 5) is 11.7. The van der Waals surface area contributed by atoms with Gasteiger partial charge < -0.3 is 10.6 Å². The topological polar surface area (TPSA) is 64.9 Å². The van der Waals surface area contributed by atoms with Crippen LogP contribution < -0.4 is 10.6 Å². The third-order valence-electron chi connectivity index (χ3n) is 2.47. The maximum Gasteiger partial charge on any atom is 0.323 e. The molecular formula is C14H9F2N3O. The molecule has 0 saturated carbocycles. The minimum atomic E-state index is -0.689. The maximum atomic E-state index is 13.3. The fourth-order valence-electron chi connectivity index (χ4n) is 1.54. The fraction of sp³-hybridized carbons (Fsp3) is 0. The molecule has 0 spiro atoms. The Kier molecular flexibility index (Phi) is 3.91. The number of nitriles is 1. The molecule has 0 radical (unpaired) electrons. The molecule has 2 aromatic carbocycles. The molecule has 0 aliphatic rings. The molecule has 2 aromatic rings. The Bertz CT molecular complexity index is 695. The van der Waals surface area contributed by atoms with Crippen LogP contribution >= 0.6 is 0 Å². The number of amides is 2. The first-order valence-corrected chi connectivity index (χ1v) is 5.62. The highest BCUT2D eigenvalue weighted by Crippen LogP contribution is 2.16. The third kappa shape index (κ3) is 3.09. The summed E-state index contributed by atoms with van der Waals surface area (Å²) < 4.78 is 26.4. The van der Waals surface area contributed by atoms with Crippen LogP contribution in [0.25, 0.3) is 0 Å². The van der Waals surface area contributed by atoms with Crippen molar-refractivity contribution in [1.82, 2.24) is 0 Å². The summed E-state index contributed by atoms with van der Waals surface area (Å²) in [6.07, 6.45) is 0. The number of hydrogen-bond acceptors (Lipinski definition) is 2. The van der Waals surface area contributed by atoms with E-state index in [9.17, 15) is 13.6 Å². The lowest BCUT2D eigenvalue weighted by molar-refractivity contribution is 0.262. The lowest BCUT2D eigenvalue weighted by Crippen LogP contribution is -2.20. The Labute approximate surface area is 113 Å². The van der Waals surface area contributed by atoms with E-state index >= 15 is 0 Å². The average Bonchev–Trinajstić information content (AvgIpc) is 2.43. The summed E-state index contributed by atoms with van der Waals surface area (Å²) >= 11 is 0. The average molecular weight is 273 g/mol. The van der Waals surface area contributed by atoms with Crippen LogP contribution in [0.4, 0.5) is 25.0 Å². The summed E-state index contributed by atoms with van der Waals surface area (Å²) in [7, 11) is 0. The van der Waals surface area contributed by atoms with Gasteiger partial charge in [-0.05, 0) is 30.3 Å². The molecule has 0 saturated heterocycles. The molecule has 4 nitrogen and oxygen atoms in total. The van der Waals surface area contributed by atoms with E-state index in [1.807, 2.05) is 0 Å². The number of urea groups is 1. The van der Waals surface area contributed by atoms with Gasteiger partial charge in [-0.3, -0.25) is 0 Å². The Hall–Kier alpha value is -2.94. The van der Waals surface area contributed by atoms with Crippen LogP contribution in [-0.4, -0.2) is 6.03 Å². The number of nitrogens with zero attached hydrogens (tertiary/aromatic N) is 1. The van der Waals surface area contributed by atoms with Crippen molar-refractivity contribution >= 4 is 17.4 Å². The second-order valence-corrected chi connectivity index (χ2v) is 3.87. The standard InChI is InChI=1S/C14H9F2N3O/c15-11-6-5-10(7-9(11)8-17)18-14(20)19-13-4-2-1-3-12(13)16/h1-7H,(H2,18,19,20). The molecule has 100 valence electrons. The molecule has 0 aliphatic carbocycles. The molecule has 6 heteroatoms. The molecule has 2 amide bonds. The Morgan fingerprint density at radius 3 is 2.50 bits per heavy atom. The highest BCUT2D eigenvalue weighted by molar-refractivity contribution is 5.99. The maximum absolute atomic E-state index is 13.3. The van der Waals surface area contributed by atoms with Crippen LogP contribution in [0.1, 0.15) is 5.56 Å². The zero-order chi connectivity index (χ0) is 14.5. The van der Waals surface area contributed by atoms with Gasteiger partial charge in [-0.25, -0.2) is 13.6 Å². The van der Waals surface area contributed by atoms with Gasteiger partial charge in [0.05, 0.1) is 11.3 Å². The number of anilines is 2. The molecule has 2 N–H and O–H groups in total. The summed E-state index contributed by atoms with van der Waals surface area (Å²) in [5.41, 5.74) is 0.0677. The number of halogens is 2. The van der Waals surface area contributed by atoms with Crippen molar-refractivity contribution in [3.63, 3.8) is 0 Å². The number of benzene rings is 2. The van der Waals surface area contributed by atoms with Crippen molar-refractivity contribution in [3.8, 4) is 6.07 Å². The van der Waals surface area contributed by atoms with Crippen molar-refractivity contribution in [2.45, 2.75) is 0 Å². The van der Waals surface area contributed by atoms with Gasteiger partial charge in [0.15, 0.2) is 0 Å². The van der Waals surface area contributed by atoms with Crippen molar-refractivity contribution in [1.29, 1.82) is 5.26 Å². The normalized spacial score (nSPS) is 9.65. The first-order chi connectivity index (χ1) is 9.60. The van der Waals surface area contributed by atoms with Gasteiger partial charge in [-0.2, -0.15) is 5.26 Å². The van der Waals surface area contributed by atoms with Crippen molar-refractivity contribution in [3.05, 3.63) is 59.7 Å². The molecule has 20 heavy (non-hydrogen) atoms. The van der Waals surface area contributed by atoms with Crippen molar-refractivity contribution in [2.75, 3.05) is 10.6 Å². The number of para-hydroxylation sites is 1. The molecular weight excluding hydrogens is 264 g/mol. The fourth-order valence-corrected chi connectivity index (χ4v) is 1.54. The molecule has 0 unspecified atom stereocenters. The van der Waals surface area contributed by atoms with E-state index in [2.05, 4.69) is 10.6 Å². The minimum Gasteiger partial charge on any atom is -0.308 e. The van der Waals surface area contributed by atoms with Gasteiger partial charge in [0.25, 0.3) is 0 Å². The summed E-state index contributed by atoms with van der Waals surface area (Å²) in [5, 5.41) is 13.4. The van der Waals surface area contributed by atoms with Gasteiger partial charge in [-0.15, -0.1) is 0 Å². The summed E-state index contributed by atoms with van der Waals surface area (Å²) in [6, 6.07) is 10.2. The zero-order valence-electron chi connectivity index (χ0n) is 10.2. The van der Waals surface area contributed by atoms with E-state index in [0.29, 0.717) is 0 Å². The highest BCUT2D eigenvalue weighted by atomic mass is 19.1. The number of hydrogen-bond donors (Lipinski definition) is 2. The Morgan fingerprint density at radius 2 is 1.80 bits per heavy atom. The summed E-state index contributed by atoms with van der Waals surface area (Å²) in [5.74, 6) is -1.24. The molecule has 0 fully saturated rings. The number of carbonyl (C=O) groups excluding carboxylic acids is 1. The van der Waals surface area contributed by atoms with Gasteiger partial charge >= 0.3 is 6.03 Å². The highest BCUT2D eigenvalue weighted by Gasteiger charge is 2.08. The van der Waals surface area contributed by atoms with Crippen LogP contribution in [-0.2, 0) is 0 Å². The van der Waals surface area contributed by atoms with Gasteiger partial charge in [0.2, 0.25) is 0 Å². The van der Waals surface area contributed by atoms with Crippen molar-refractivity contribution in [2.24, 2.45) is 0 Å². The van der Waals surface area contributed by atoms with Crippen LogP contribution in [0.15, 0.2) is 42.5 Å². The van der Waals surface area contributed by atoms with Gasteiger partial charge in [-0.1, -0.05) is 12.1 Å². The molecule has 0 atom stereocenters. The first kappa shape index (κ1) is 13.5. The quantitative estimate of drug-likeness (QED) is 0.879. The van der Waals surface area contributed by atoms with E-state index in [1.165, 1.54) is 30.3 Å². The molecule has 2 rings (SSSR count). The van der Waals surface area contributed by atoms with E-state index < -0.39 is 17.7 Å². The zero-order valence-corrected chi connectivity index (χ0v) is 10.2. The van der Waals surface area contributed by atoms with Crippen LogP contribution in [0, 0.1) is 23.0 Å². The number of rotatable bonds is 2. The SMILES string of the molecule is N#Cc1cc(NC(=O)Nc2ccccc2F)ccc1F. The van der Waals surface area contributed by atoms with E-state index in [4.69, 9.17) is 5.26 Å². The van der Waals surface area contributed by atoms with E-state index in [-0.39, 0.29) is 16.9 Å². The van der Waals surface area contributed by atoms with Gasteiger partial charge in [0.1, 0.15) is 17.7 Å². The Morgan fingerprint density at radius 1 is 1.05 bits per heavy atom. The predicted molar refractivity (Wildman–Crippen MR) is 70.2 cm³/mol. The second-order valence-electron chi connectivity index (χ2n) is 3.87. The largest absolute Gasteiger partial charge is 0.323 e. The van der Waals surface area contributed by atoms with Crippen LogP contribution in [0.2, 0.25) is 0 Å². The van der Waals surface area contributed by atoms with Crippen LogP contribution in [0.3, 0.4) is 0 Å². The monoisotopic (exact) mass is 273 g/mol. The number of nitrogens with one attached hydrogen (secondary N) is 2. The van der Waals surface area contributed by atoms with E-state index in [0.717, 1.165) is 6.07 Å². The minimum absolute atomic E-state index is 0.0209. The smallest absolute Gasteiger partial charge is 0.308 e. The second kappa shape index (κ2) is 5.80. The van der Waals surface area contributed by atoms with E-state index in [1.54, 1.807) is 12.1 Å². The van der Waals surface area contributed by atoms with Crippen molar-refractivity contribution < 1.29 is 13.6 Å². The molecule has 0 bridgehead atoms. The lowest BCUT2D eigenvalue weighted by Gasteiger charge is -2.08.